The molecule has 8 nitrogen and oxygen atoms in total. The second-order valence-corrected chi connectivity index (χ2v) is 6.06. The lowest BCUT2D eigenvalue weighted by atomic mass is 10.2. The normalized spacial score (nSPS) is 10.6. The first kappa shape index (κ1) is 15.2. The maximum Gasteiger partial charge on any atom is 0.263 e. The van der Waals surface area contributed by atoms with E-state index in [2.05, 4.69) is 31.4 Å². The molecule has 0 spiro atoms. The molecule has 1 aromatic carbocycles. The van der Waals surface area contributed by atoms with Crippen molar-refractivity contribution in [1.82, 2.24) is 14.8 Å². The Balaban J connectivity index is 2.39. The topological polar surface area (TPSA) is 120 Å². The summed E-state index contributed by atoms with van der Waals surface area (Å²) in [7, 11) is -2.32. The number of hydrogen-bond donors (Lipinski definition) is 2. The number of nitrogens with one attached hydrogen (secondary N) is 1. The van der Waals surface area contributed by atoms with E-state index >= 15 is 0 Å². The van der Waals surface area contributed by atoms with Crippen LogP contribution in [-0.2, 0) is 10.0 Å². The Kier molecular flexibility index (Phi) is 4.69. The minimum atomic E-state index is -3.79. The molecule has 10 heteroatoms. The molecular formula is C11H11N5O3S2. The third-order valence-electron chi connectivity index (χ3n) is 2.33. The van der Waals surface area contributed by atoms with Gasteiger partial charge in [0.15, 0.2) is 0 Å². The van der Waals surface area contributed by atoms with Gasteiger partial charge < -0.3 is 10.5 Å². The second kappa shape index (κ2) is 6.49. The minimum absolute atomic E-state index is 0.0276. The predicted molar refractivity (Wildman–Crippen MR) is 77.4 cm³/mol. The molecule has 0 radical (unpaired) electrons. The third kappa shape index (κ3) is 3.66. The summed E-state index contributed by atoms with van der Waals surface area (Å²) in [4.78, 5) is 0.0276. The summed E-state index contributed by atoms with van der Waals surface area (Å²) < 4.78 is 35.3. The van der Waals surface area contributed by atoms with Crippen molar-refractivity contribution >= 4 is 26.7 Å². The Bertz CT molecular complexity index is 778. The minimum Gasteiger partial charge on any atom is -0.495 e. The molecule has 21 heavy (non-hydrogen) atoms. The first-order chi connectivity index (χ1) is 10.1. The maximum atomic E-state index is 12.2. The zero-order valence-corrected chi connectivity index (χ0v) is 12.5. The van der Waals surface area contributed by atoms with Crippen molar-refractivity contribution in [2.45, 2.75) is 4.90 Å². The van der Waals surface area contributed by atoms with Crippen LogP contribution < -0.4 is 15.2 Å². The molecule has 1 heterocycles. The molecule has 0 aliphatic heterocycles. The van der Waals surface area contributed by atoms with E-state index in [4.69, 9.17) is 10.5 Å². The molecule has 0 atom stereocenters. The van der Waals surface area contributed by atoms with Gasteiger partial charge in [-0.2, -0.15) is 0 Å². The van der Waals surface area contributed by atoms with Gasteiger partial charge in [0, 0.05) is 11.5 Å². The van der Waals surface area contributed by atoms with E-state index in [1.54, 1.807) is 0 Å². The van der Waals surface area contributed by atoms with E-state index in [1.807, 2.05) is 0 Å². The standard InChI is InChI=1S/C11H11N5O3S2/c1-19-10-5-4-9(7-8(10)3-2-6-12)21(17,18)14-11-13-15-16-20-11/h4-5,7H,6,12H2,1H3,(H,13,14,16). The van der Waals surface area contributed by atoms with E-state index in [0.29, 0.717) is 11.3 Å². The van der Waals surface area contributed by atoms with Crippen molar-refractivity contribution in [1.29, 1.82) is 0 Å². The molecule has 0 unspecified atom stereocenters. The summed E-state index contributed by atoms with van der Waals surface area (Å²) in [5.74, 6) is 5.89. The van der Waals surface area contributed by atoms with Crippen molar-refractivity contribution in [3.63, 3.8) is 0 Å². The lowest BCUT2D eigenvalue weighted by Gasteiger charge is -2.08. The van der Waals surface area contributed by atoms with Crippen LogP contribution in [0.4, 0.5) is 5.13 Å². The van der Waals surface area contributed by atoms with Crippen molar-refractivity contribution in [2.24, 2.45) is 5.73 Å². The van der Waals surface area contributed by atoms with Gasteiger partial charge in [-0.05, 0) is 23.4 Å². The summed E-state index contributed by atoms with van der Waals surface area (Å²) in [5, 5.41) is 6.94. The number of nitrogens with two attached hydrogens (primary N) is 1. The van der Waals surface area contributed by atoms with Gasteiger partial charge in [-0.3, -0.25) is 4.72 Å². The van der Waals surface area contributed by atoms with E-state index in [1.165, 1.54) is 25.3 Å². The van der Waals surface area contributed by atoms with Crippen molar-refractivity contribution in [3.05, 3.63) is 23.8 Å². The monoisotopic (exact) mass is 325 g/mol. The third-order valence-corrected chi connectivity index (χ3v) is 4.30. The van der Waals surface area contributed by atoms with Gasteiger partial charge in [0.1, 0.15) is 5.75 Å². The summed E-state index contributed by atoms with van der Waals surface area (Å²) >= 11 is 0.839. The van der Waals surface area contributed by atoms with Gasteiger partial charge in [-0.15, -0.1) is 0 Å². The number of benzene rings is 1. The highest BCUT2D eigenvalue weighted by molar-refractivity contribution is 7.93. The molecule has 2 rings (SSSR count). The molecule has 0 bridgehead atoms. The summed E-state index contributed by atoms with van der Waals surface area (Å²) in [6, 6.07) is 4.33. The van der Waals surface area contributed by atoms with Crippen LogP contribution in [0.25, 0.3) is 0 Å². The number of aromatic nitrogens is 3. The quantitative estimate of drug-likeness (QED) is 0.762. The van der Waals surface area contributed by atoms with Gasteiger partial charge in [-0.1, -0.05) is 21.4 Å². The molecule has 0 amide bonds. The largest absolute Gasteiger partial charge is 0.495 e. The fourth-order valence-electron chi connectivity index (χ4n) is 1.45. The average molecular weight is 325 g/mol. The van der Waals surface area contributed by atoms with Crippen LogP contribution in [0, 0.1) is 11.8 Å². The number of ether oxygens (including phenoxy) is 1. The van der Waals surface area contributed by atoms with Crippen LogP contribution in [-0.4, -0.2) is 36.9 Å². The Morgan fingerprint density at radius 1 is 1.48 bits per heavy atom. The van der Waals surface area contributed by atoms with Crippen molar-refractivity contribution in [3.8, 4) is 17.6 Å². The molecule has 0 saturated heterocycles. The smallest absolute Gasteiger partial charge is 0.263 e. The Morgan fingerprint density at radius 2 is 2.29 bits per heavy atom. The second-order valence-electron chi connectivity index (χ2n) is 3.64. The number of nitrogens with zero attached hydrogens (tertiary/aromatic N) is 3. The maximum absolute atomic E-state index is 12.2. The number of hydrogen-bond acceptors (Lipinski definition) is 8. The number of sulfonamides is 1. The Morgan fingerprint density at radius 3 is 2.90 bits per heavy atom. The van der Waals surface area contributed by atoms with Gasteiger partial charge in [0.05, 0.1) is 24.1 Å². The number of rotatable bonds is 4. The predicted octanol–water partition coefficient (Wildman–Crippen LogP) is 0.0527. The molecular weight excluding hydrogens is 314 g/mol. The Hall–Kier alpha value is -2.22. The molecule has 0 aliphatic rings. The Labute approximate surface area is 125 Å². The van der Waals surface area contributed by atoms with Crippen LogP contribution in [0.3, 0.4) is 0 Å². The first-order valence-corrected chi connectivity index (χ1v) is 7.87. The van der Waals surface area contributed by atoms with Crippen LogP contribution >= 0.6 is 11.5 Å². The van der Waals surface area contributed by atoms with E-state index < -0.39 is 10.0 Å². The SMILES string of the molecule is COc1ccc(S(=O)(=O)Nc2nnns2)cc1C#CCN. The number of anilines is 1. The zero-order chi connectivity index (χ0) is 15.3. The summed E-state index contributed by atoms with van der Waals surface area (Å²) in [5.41, 5.74) is 5.75. The average Bonchev–Trinajstić information content (AvgIpc) is 2.96. The van der Waals surface area contributed by atoms with E-state index in [-0.39, 0.29) is 16.6 Å². The fourth-order valence-corrected chi connectivity index (χ4v) is 3.06. The van der Waals surface area contributed by atoms with Gasteiger partial charge in [0.2, 0.25) is 5.13 Å². The van der Waals surface area contributed by atoms with Gasteiger partial charge in [0.25, 0.3) is 10.0 Å². The lowest BCUT2D eigenvalue weighted by molar-refractivity contribution is 0.413. The van der Waals surface area contributed by atoms with Crippen LogP contribution in [0.2, 0.25) is 0 Å². The molecule has 0 fully saturated rings. The van der Waals surface area contributed by atoms with Crippen molar-refractivity contribution in [2.75, 3.05) is 18.4 Å². The highest BCUT2D eigenvalue weighted by atomic mass is 32.2. The molecule has 0 aliphatic carbocycles. The molecule has 1 aromatic heterocycles. The van der Waals surface area contributed by atoms with Crippen LogP contribution in [0.1, 0.15) is 5.56 Å². The highest BCUT2D eigenvalue weighted by Gasteiger charge is 2.18. The lowest BCUT2D eigenvalue weighted by Crippen LogP contribution is -2.13. The van der Waals surface area contributed by atoms with E-state index in [0.717, 1.165) is 11.5 Å². The summed E-state index contributed by atoms with van der Waals surface area (Å²) in [6.45, 7) is 0.162. The van der Waals surface area contributed by atoms with Crippen LogP contribution in [0.5, 0.6) is 5.75 Å². The molecule has 110 valence electrons. The van der Waals surface area contributed by atoms with Gasteiger partial charge in [-0.25, -0.2) is 8.42 Å². The summed E-state index contributed by atoms with van der Waals surface area (Å²) in [6.07, 6.45) is 0. The van der Waals surface area contributed by atoms with Gasteiger partial charge >= 0.3 is 0 Å². The first-order valence-electron chi connectivity index (χ1n) is 5.61. The highest BCUT2D eigenvalue weighted by Crippen LogP contribution is 2.23. The van der Waals surface area contributed by atoms with E-state index in [9.17, 15) is 8.42 Å². The molecule has 3 N–H and O–H groups in total. The number of methoxy groups -OCH3 is 1. The molecule has 2 aromatic rings. The van der Waals surface area contributed by atoms with Crippen molar-refractivity contribution < 1.29 is 13.2 Å². The molecule has 0 saturated carbocycles. The zero-order valence-electron chi connectivity index (χ0n) is 10.9. The fraction of sp³-hybridized carbons (Fsp3) is 0.182. The van der Waals surface area contributed by atoms with Crippen LogP contribution in [0.15, 0.2) is 23.1 Å².